The van der Waals surface area contributed by atoms with Crippen LogP contribution in [0.1, 0.15) is 16.7 Å². The van der Waals surface area contributed by atoms with Crippen LogP contribution in [0.15, 0.2) is 53.6 Å². The molecule has 1 aliphatic heterocycles. The molecule has 1 saturated heterocycles. The highest BCUT2D eigenvalue weighted by atomic mass is 16.3. The summed E-state index contributed by atoms with van der Waals surface area (Å²) in [5.41, 5.74) is 3.74. The second-order valence-corrected chi connectivity index (χ2v) is 6.20. The second-order valence-electron chi connectivity index (χ2n) is 6.20. The lowest BCUT2D eigenvalue weighted by Crippen LogP contribution is -3.13. The fourth-order valence-electron chi connectivity index (χ4n) is 2.81. The van der Waals surface area contributed by atoms with Gasteiger partial charge in [-0.15, -0.1) is 0 Å². The van der Waals surface area contributed by atoms with E-state index in [4.69, 9.17) is 0 Å². The zero-order valence-electron chi connectivity index (χ0n) is 13.6. The maximum Gasteiger partial charge on any atom is 0.115 e. The zero-order valence-corrected chi connectivity index (χ0v) is 13.6. The highest BCUT2D eigenvalue weighted by Crippen LogP contribution is 2.08. The highest BCUT2D eigenvalue weighted by molar-refractivity contribution is 5.79. The third kappa shape index (κ3) is 4.57. The van der Waals surface area contributed by atoms with Crippen molar-refractivity contribution in [2.75, 3.05) is 26.2 Å². The first-order chi connectivity index (χ1) is 11.2. The summed E-state index contributed by atoms with van der Waals surface area (Å²) in [6, 6.07) is 16.0. The van der Waals surface area contributed by atoms with E-state index >= 15 is 0 Å². The van der Waals surface area contributed by atoms with Crippen molar-refractivity contribution in [1.29, 1.82) is 0 Å². The Morgan fingerprint density at radius 2 is 1.70 bits per heavy atom. The van der Waals surface area contributed by atoms with Gasteiger partial charge in [-0.25, -0.2) is 0 Å². The minimum atomic E-state index is 0.287. The molecule has 4 heteroatoms. The number of phenolic OH excluding ortho intramolecular Hbond substituents is 1. The van der Waals surface area contributed by atoms with Crippen molar-refractivity contribution < 1.29 is 10.0 Å². The predicted octanol–water partition coefficient (Wildman–Crippen LogP) is 1.44. The van der Waals surface area contributed by atoms with Crippen LogP contribution >= 0.6 is 0 Å². The van der Waals surface area contributed by atoms with E-state index in [9.17, 15) is 5.11 Å². The van der Waals surface area contributed by atoms with Crippen LogP contribution in [0, 0.1) is 6.92 Å². The number of quaternary nitrogens is 1. The van der Waals surface area contributed by atoms with E-state index in [0.717, 1.165) is 38.3 Å². The van der Waals surface area contributed by atoms with Crippen LogP contribution in [0.3, 0.4) is 0 Å². The maximum absolute atomic E-state index is 9.28. The maximum atomic E-state index is 9.28. The normalized spacial score (nSPS) is 16.1. The number of aromatic hydroxyl groups is 1. The van der Waals surface area contributed by atoms with Gasteiger partial charge in [0.25, 0.3) is 0 Å². The number of rotatable bonds is 4. The van der Waals surface area contributed by atoms with Crippen LogP contribution in [0.4, 0.5) is 0 Å². The molecule has 2 aromatic carbocycles. The molecule has 0 aliphatic carbocycles. The Morgan fingerprint density at radius 3 is 2.35 bits per heavy atom. The van der Waals surface area contributed by atoms with Gasteiger partial charge >= 0.3 is 0 Å². The van der Waals surface area contributed by atoms with Crippen LogP contribution in [0.25, 0.3) is 0 Å². The molecule has 0 aromatic heterocycles. The van der Waals surface area contributed by atoms with Gasteiger partial charge in [0, 0.05) is 5.56 Å². The number of hydrogen-bond donors (Lipinski definition) is 2. The predicted molar refractivity (Wildman–Crippen MR) is 92.9 cm³/mol. The molecule has 1 fully saturated rings. The van der Waals surface area contributed by atoms with Crippen molar-refractivity contribution in [3.63, 3.8) is 0 Å². The molecule has 0 bridgehead atoms. The van der Waals surface area contributed by atoms with E-state index < -0.39 is 0 Å². The Kier molecular flexibility index (Phi) is 4.93. The molecular formula is C19H24N3O+. The average Bonchev–Trinajstić information content (AvgIpc) is 2.58. The number of phenols is 1. The first-order valence-electron chi connectivity index (χ1n) is 8.16. The number of piperazine rings is 1. The van der Waals surface area contributed by atoms with Gasteiger partial charge in [-0.1, -0.05) is 29.8 Å². The molecule has 0 radical (unpaired) electrons. The van der Waals surface area contributed by atoms with E-state index in [1.807, 2.05) is 18.3 Å². The summed E-state index contributed by atoms with van der Waals surface area (Å²) in [5.74, 6) is 0.287. The topological polar surface area (TPSA) is 40.3 Å². The first kappa shape index (κ1) is 15.6. The van der Waals surface area contributed by atoms with Gasteiger partial charge in [0.15, 0.2) is 0 Å². The fourth-order valence-corrected chi connectivity index (χ4v) is 2.81. The quantitative estimate of drug-likeness (QED) is 0.839. The molecule has 2 N–H and O–H groups in total. The average molecular weight is 310 g/mol. The van der Waals surface area contributed by atoms with Crippen molar-refractivity contribution in [1.82, 2.24) is 5.01 Å². The van der Waals surface area contributed by atoms with Crippen LogP contribution in [-0.2, 0) is 6.54 Å². The number of hydrazone groups is 1. The molecule has 120 valence electrons. The Balaban J connectivity index is 1.48. The Morgan fingerprint density at radius 1 is 1.04 bits per heavy atom. The van der Waals surface area contributed by atoms with E-state index in [-0.39, 0.29) is 5.75 Å². The molecule has 0 amide bonds. The summed E-state index contributed by atoms with van der Waals surface area (Å²) in [6.07, 6.45) is 1.87. The van der Waals surface area contributed by atoms with Crippen LogP contribution in [0.2, 0.25) is 0 Å². The third-order valence-corrected chi connectivity index (χ3v) is 4.28. The van der Waals surface area contributed by atoms with Crippen molar-refractivity contribution in [2.24, 2.45) is 5.10 Å². The third-order valence-electron chi connectivity index (χ3n) is 4.28. The molecule has 4 nitrogen and oxygen atoms in total. The fraction of sp³-hybridized carbons (Fsp3) is 0.316. The Labute approximate surface area is 137 Å². The van der Waals surface area contributed by atoms with Gasteiger partial charge in [-0.3, -0.25) is 5.01 Å². The second kappa shape index (κ2) is 7.29. The molecule has 0 atom stereocenters. The lowest BCUT2D eigenvalue weighted by atomic mass is 10.1. The minimum Gasteiger partial charge on any atom is -0.508 e. The zero-order chi connectivity index (χ0) is 16.1. The number of benzene rings is 2. The molecule has 0 unspecified atom stereocenters. The smallest absolute Gasteiger partial charge is 0.115 e. The van der Waals surface area contributed by atoms with Gasteiger partial charge in [0.2, 0.25) is 0 Å². The van der Waals surface area contributed by atoms with E-state index in [0.29, 0.717) is 0 Å². The van der Waals surface area contributed by atoms with Crippen LogP contribution in [-0.4, -0.2) is 42.5 Å². The largest absolute Gasteiger partial charge is 0.508 e. The summed E-state index contributed by atoms with van der Waals surface area (Å²) in [7, 11) is 0. The first-order valence-corrected chi connectivity index (χ1v) is 8.16. The van der Waals surface area contributed by atoms with Crippen molar-refractivity contribution in [3.05, 3.63) is 65.2 Å². The minimum absolute atomic E-state index is 0.287. The molecule has 1 heterocycles. The van der Waals surface area contributed by atoms with E-state index in [1.54, 1.807) is 17.0 Å². The van der Waals surface area contributed by atoms with Gasteiger partial charge in [-0.05, 0) is 36.8 Å². The van der Waals surface area contributed by atoms with Crippen LogP contribution < -0.4 is 4.90 Å². The SMILES string of the molecule is Cc1ccc(C[NH+]2CCN(N=Cc3ccc(O)cc3)CC2)cc1. The van der Waals surface area contributed by atoms with E-state index in [1.165, 1.54) is 11.1 Å². The standard InChI is InChI=1S/C19H23N3O/c1-16-2-4-18(5-3-16)15-21-10-12-22(13-11-21)20-14-17-6-8-19(23)9-7-17/h2-9,14,23H,10-13,15H2,1H3/p+1. The monoisotopic (exact) mass is 310 g/mol. The number of nitrogens with one attached hydrogen (secondary N) is 1. The molecule has 0 spiro atoms. The lowest BCUT2D eigenvalue weighted by molar-refractivity contribution is -0.918. The van der Waals surface area contributed by atoms with Crippen molar-refractivity contribution in [3.8, 4) is 5.75 Å². The summed E-state index contributed by atoms with van der Waals surface area (Å²) >= 11 is 0. The van der Waals surface area contributed by atoms with Gasteiger partial charge in [0.05, 0.1) is 32.4 Å². The number of nitrogens with zero attached hydrogens (tertiary/aromatic N) is 2. The molecule has 2 aromatic rings. The van der Waals surface area contributed by atoms with E-state index in [2.05, 4.69) is 41.3 Å². The summed E-state index contributed by atoms with van der Waals surface area (Å²) in [6.45, 7) is 7.41. The molecule has 1 aliphatic rings. The van der Waals surface area contributed by atoms with Crippen LogP contribution in [0.5, 0.6) is 5.75 Å². The Hall–Kier alpha value is -2.33. The number of hydrogen-bond acceptors (Lipinski definition) is 3. The van der Waals surface area contributed by atoms with Gasteiger partial charge < -0.3 is 10.0 Å². The van der Waals surface area contributed by atoms with Gasteiger partial charge in [-0.2, -0.15) is 5.10 Å². The highest BCUT2D eigenvalue weighted by Gasteiger charge is 2.18. The summed E-state index contributed by atoms with van der Waals surface area (Å²) in [5, 5.41) is 16.0. The van der Waals surface area contributed by atoms with Crippen molar-refractivity contribution in [2.45, 2.75) is 13.5 Å². The molecule has 3 rings (SSSR count). The summed E-state index contributed by atoms with van der Waals surface area (Å²) < 4.78 is 0. The number of aryl methyl sites for hydroxylation is 1. The van der Waals surface area contributed by atoms with Gasteiger partial charge in [0.1, 0.15) is 12.3 Å². The summed E-state index contributed by atoms with van der Waals surface area (Å²) in [4.78, 5) is 1.62. The lowest BCUT2D eigenvalue weighted by Gasteiger charge is -2.30. The van der Waals surface area contributed by atoms with Crippen molar-refractivity contribution >= 4 is 6.21 Å². The molecule has 23 heavy (non-hydrogen) atoms. The molecular weight excluding hydrogens is 286 g/mol. The molecule has 0 saturated carbocycles. The Bertz CT molecular complexity index is 641.